The number of rotatable bonds is 5. The molecule has 1 aliphatic heterocycles. The fourth-order valence-electron chi connectivity index (χ4n) is 3.23. The van der Waals surface area contributed by atoms with E-state index < -0.39 is 6.04 Å². The minimum atomic E-state index is -0.610. The Morgan fingerprint density at radius 1 is 0.885 bits per heavy atom. The van der Waals surface area contributed by atoms with Crippen LogP contribution in [0.3, 0.4) is 0 Å². The molecule has 2 heterocycles. The lowest BCUT2D eigenvalue weighted by atomic mass is 9.98. The fourth-order valence-corrected chi connectivity index (χ4v) is 3.94. The van der Waals surface area contributed by atoms with Gasteiger partial charge in [0, 0.05) is 12.0 Å². The topological polar surface area (TPSA) is 54.5 Å². The van der Waals surface area contributed by atoms with Crippen LogP contribution in [-0.2, 0) is 0 Å². The highest BCUT2D eigenvalue weighted by Crippen LogP contribution is 2.35. The maximum atomic E-state index is 12.9. The third-order valence-electron chi connectivity index (χ3n) is 4.54. The predicted molar refractivity (Wildman–Crippen MR) is 99.4 cm³/mol. The Balaban J connectivity index is 1.71. The number of ketones is 1. The number of imide groups is 1. The van der Waals surface area contributed by atoms with E-state index in [2.05, 4.69) is 0 Å². The van der Waals surface area contributed by atoms with Crippen LogP contribution in [-0.4, -0.2) is 22.5 Å². The highest BCUT2D eigenvalue weighted by atomic mass is 32.1. The zero-order chi connectivity index (χ0) is 18.1. The van der Waals surface area contributed by atoms with Gasteiger partial charge in [-0.2, -0.15) is 11.3 Å². The van der Waals surface area contributed by atoms with Gasteiger partial charge in [0.05, 0.1) is 17.2 Å². The van der Waals surface area contributed by atoms with Crippen LogP contribution in [0.4, 0.5) is 0 Å². The van der Waals surface area contributed by atoms with E-state index in [9.17, 15) is 14.4 Å². The zero-order valence-corrected chi connectivity index (χ0v) is 14.6. The van der Waals surface area contributed by atoms with Crippen LogP contribution in [0.5, 0.6) is 0 Å². The Bertz CT molecular complexity index is 945. The number of hydrogen-bond acceptors (Lipinski definition) is 4. The average molecular weight is 361 g/mol. The van der Waals surface area contributed by atoms with Gasteiger partial charge in [-0.1, -0.05) is 42.5 Å². The van der Waals surface area contributed by atoms with Crippen LogP contribution in [0.25, 0.3) is 0 Å². The molecule has 4 nitrogen and oxygen atoms in total. The SMILES string of the molecule is O=C(CC(c1ccsc1)N1C(=O)c2ccccc2C1=O)c1ccccc1. The Kier molecular flexibility index (Phi) is 4.22. The number of thiophene rings is 1. The number of benzene rings is 2. The molecule has 2 amide bonds. The standard InChI is InChI=1S/C21H15NO3S/c23-19(14-6-2-1-3-7-14)12-18(15-10-11-26-13-15)22-20(24)16-8-4-5-9-17(16)21(22)25/h1-11,13,18H,12H2. The lowest BCUT2D eigenvalue weighted by Crippen LogP contribution is -2.35. The van der Waals surface area contributed by atoms with Gasteiger partial charge in [0.2, 0.25) is 0 Å². The predicted octanol–water partition coefficient (Wildman–Crippen LogP) is 4.36. The van der Waals surface area contributed by atoms with Crippen LogP contribution in [0, 0.1) is 0 Å². The van der Waals surface area contributed by atoms with Crippen LogP contribution in [0.1, 0.15) is 49.1 Å². The van der Waals surface area contributed by atoms with Gasteiger partial charge >= 0.3 is 0 Å². The number of hydrogen-bond donors (Lipinski definition) is 0. The van der Waals surface area contributed by atoms with E-state index in [4.69, 9.17) is 0 Å². The highest BCUT2D eigenvalue weighted by molar-refractivity contribution is 7.08. The summed E-state index contributed by atoms with van der Waals surface area (Å²) in [7, 11) is 0. The lowest BCUT2D eigenvalue weighted by Gasteiger charge is -2.25. The second-order valence-corrected chi connectivity index (χ2v) is 6.87. The molecule has 26 heavy (non-hydrogen) atoms. The van der Waals surface area contributed by atoms with Crippen LogP contribution >= 0.6 is 11.3 Å². The molecule has 2 aromatic carbocycles. The van der Waals surface area contributed by atoms with E-state index >= 15 is 0 Å². The summed E-state index contributed by atoms with van der Waals surface area (Å²) < 4.78 is 0. The normalized spacial score (nSPS) is 14.4. The van der Waals surface area contributed by atoms with Crippen LogP contribution in [0.15, 0.2) is 71.4 Å². The highest BCUT2D eigenvalue weighted by Gasteiger charge is 2.41. The smallest absolute Gasteiger partial charge is 0.262 e. The number of carbonyl (C=O) groups is 3. The van der Waals surface area contributed by atoms with Crippen LogP contribution in [0.2, 0.25) is 0 Å². The fraction of sp³-hybridized carbons (Fsp3) is 0.0952. The first-order valence-corrected chi connectivity index (χ1v) is 9.18. The summed E-state index contributed by atoms with van der Waals surface area (Å²) in [6, 6.07) is 17.0. The van der Waals surface area contributed by atoms with Crippen molar-refractivity contribution < 1.29 is 14.4 Å². The molecular formula is C21H15NO3S. The van der Waals surface area contributed by atoms with Crippen molar-refractivity contribution in [3.05, 3.63) is 93.7 Å². The number of amides is 2. The van der Waals surface area contributed by atoms with Gasteiger partial charge < -0.3 is 0 Å². The first-order valence-electron chi connectivity index (χ1n) is 8.24. The molecule has 0 aliphatic carbocycles. The zero-order valence-electron chi connectivity index (χ0n) is 13.8. The van der Waals surface area contributed by atoms with E-state index in [1.165, 1.54) is 16.2 Å². The van der Waals surface area contributed by atoms with E-state index in [0.29, 0.717) is 16.7 Å². The van der Waals surface area contributed by atoms with Crippen LogP contribution < -0.4 is 0 Å². The monoisotopic (exact) mass is 361 g/mol. The van der Waals surface area contributed by atoms with Crippen molar-refractivity contribution in [1.82, 2.24) is 4.90 Å². The lowest BCUT2D eigenvalue weighted by molar-refractivity contribution is 0.0569. The maximum absolute atomic E-state index is 12.9. The number of Topliss-reactive ketones (excluding diaryl/α,β-unsaturated/α-hetero) is 1. The third-order valence-corrected chi connectivity index (χ3v) is 5.24. The van der Waals surface area contributed by atoms with Gasteiger partial charge in [0.15, 0.2) is 5.78 Å². The molecule has 3 aromatic rings. The second-order valence-electron chi connectivity index (χ2n) is 6.09. The summed E-state index contributed by atoms with van der Waals surface area (Å²) in [5, 5.41) is 3.76. The Morgan fingerprint density at radius 3 is 2.08 bits per heavy atom. The van der Waals surface area contributed by atoms with Gasteiger partial charge in [-0.25, -0.2) is 0 Å². The van der Waals surface area contributed by atoms with Gasteiger partial charge in [-0.15, -0.1) is 0 Å². The Morgan fingerprint density at radius 2 is 1.50 bits per heavy atom. The van der Waals surface area contributed by atoms with Crippen molar-refractivity contribution >= 4 is 28.9 Å². The molecule has 0 fully saturated rings. The summed E-state index contributed by atoms with van der Waals surface area (Å²) in [5.41, 5.74) is 2.16. The minimum absolute atomic E-state index is 0.0617. The molecule has 1 aromatic heterocycles. The first kappa shape index (κ1) is 16.4. The molecule has 4 rings (SSSR count). The number of carbonyl (C=O) groups excluding carboxylic acids is 3. The Labute approximate surface area is 154 Å². The maximum Gasteiger partial charge on any atom is 0.262 e. The van der Waals surface area contributed by atoms with E-state index in [1.54, 1.807) is 48.5 Å². The molecule has 0 radical (unpaired) electrons. The molecule has 128 valence electrons. The molecule has 1 atom stereocenters. The average Bonchev–Trinajstić information content (AvgIpc) is 3.29. The molecule has 1 unspecified atom stereocenters. The Hall–Kier alpha value is -3.05. The second kappa shape index (κ2) is 6.69. The number of fused-ring (bicyclic) bond motifs is 1. The molecule has 0 saturated carbocycles. The van der Waals surface area contributed by atoms with Gasteiger partial charge in [0.25, 0.3) is 11.8 Å². The van der Waals surface area contributed by atoms with Gasteiger partial charge in [0.1, 0.15) is 0 Å². The molecule has 0 bridgehead atoms. The summed E-state index contributed by atoms with van der Waals surface area (Å²) in [4.78, 5) is 39.7. The first-order chi connectivity index (χ1) is 12.7. The summed E-state index contributed by atoms with van der Waals surface area (Å²) in [6.45, 7) is 0. The summed E-state index contributed by atoms with van der Waals surface area (Å²) >= 11 is 1.48. The number of nitrogens with zero attached hydrogens (tertiary/aromatic N) is 1. The summed E-state index contributed by atoms with van der Waals surface area (Å²) in [5.74, 6) is -0.788. The molecule has 1 aliphatic rings. The van der Waals surface area contributed by atoms with E-state index in [-0.39, 0.29) is 24.0 Å². The molecular weight excluding hydrogens is 346 g/mol. The quantitative estimate of drug-likeness (QED) is 0.501. The molecule has 0 spiro atoms. The van der Waals surface area contributed by atoms with Gasteiger partial charge in [-0.05, 0) is 34.5 Å². The van der Waals surface area contributed by atoms with E-state index in [0.717, 1.165) is 5.56 Å². The third kappa shape index (κ3) is 2.76. The van der Waals surface area contributed by atoms with Crippen molar-refractivity contribution in [3.63, 3.8) is 0 Å². The van der Waals surface area contributed by atoms with Crippen molar-refractivity contribution in [2.45, 2.75) is 12.5 Å². The van der Waals surface area contributed by atoms with Crippen molar-refractivity contribution in [2.75, 3.05) is 0 Å². The molecule has 5 heteroatoms. The molecule has 0 saturated heterocycles. The van der Waals surface area contributed by atoms with Crippen molar-refractivity contribution in [2.24, 2.45) is 0 Å². The largest absolute Gasteiger partial charge is 0.294 e. The molecule has 0 N–H and O–H groups in total. The minimum Gasteiger partial charge on any atom is -0.294 e. The van der Waals surface area contributed by atoms with Crippen molar-refractivity contribution in [3.8, 4) is 0 Å². The van der Waals surface area contributed by atoms with Crippen molar-refractivity contribution in [1.29, 1.82) is 0 Å². The summed E-state index contributed by atoms with van der Waals surface area (Å²) in [6.07, 6.45) is 0.0617. The van der Waals surface area contributed by atoms with Gasteiger partial charge in [-0.3, -0.25) is 19.3 Å². The van der Waals surface area contributed by atoms with E-state index in [1.807, 2.05) is 22.9 Å².